The average molecular weight is 421 g/mol. The number of nitro benzene ring substituents is 1. The summed E-state index contributed by atoms with van der Waals surface area (Å²) in [6.07, 6.45) is 1.70. The first-order chi connectivity index (χ1) is 14.4. The van der Waals surface area contributed by atoms with Crippen LogP contribution in [0.4, 0.5) is 5.69 Å². The van der Waals surface area contributed by atoms with Crippen LogP contribution in [0.15, 0.2) is 47.8 Å². The van der Waals surface area contributed by atoms with E-state index in [0.29, 0.717) is 33.3 Å². The fourth-order valence-electron chi connectivity index (χ4n) is 2.75. The largest absolute Gasteiger partial charge is 0.493 e. The Labute approximate surface area is 178 Å². The molecule has 0 amide bonds. The molecule has 0 aliphatic carbocycles. The van der Waals surface area contributed by atoms with Crippen LogP contribution in [0, 0.1) is 21.4 Å². The third-order valence-electron chi connectivity index (χ3n) is 4.07. The van der Waals surface area contributed by atoms with Gasteiger partial charge in [-0.15, -0.1) is 11.3 Å². The molecule has 0 aliphatic heterocycles. The number of thiazole rings is 1. The second kappa shape index (κ2) is 9.20. The predicted molar refractivity (Wildman–Crippen MR) is 116 cm³/mol. The van der Waals surface area contributed by atoms with Crippen LogP contribution in [0.1, 0.15) is 24.4 Å². The van der Waals surface area contributed by atoms with Crippen molar-refractivity contribution in [2.24, 2.45) is 0 Å². The molecular formula is C22H19N3O4S. The highest BCUT2D eigenvalue weighted by Gasteiger charge is 2.13. The van der Waals surface area contributed by atoms with Gasteiger partial charge >= 0.3 is 0 Å². The van der Waals surface area contributed by atoms with Crippen LogP contribution in [-0.4, -0.2) is 23.1 Å². The molecule has 7 nitrogen and oxygen atoms in total. The first-order valence-corrected chi connectivity index (χ1v) is 9.96. The van der Waals surface area contributed by atoms with E-state index in [1.807, 2.05) is 26.0 Å². The smallest absolute Gasteiger partial charge is 0.270 e. The lowest BCUT2D eigenvalue weighted by atomic mass is 10.1. The summed E-state index contributed by atoms with van der Waals surface area (Å²) < 4.78 is 11.1. The number of rotatable bonds is 7. The number of nitriles is 1. The summed E-state index contributed by atoms with van der Waals surface area (Å²) in [6, 6.07) is 13.9. The van der Waals surface area contributed by atoms with E-state index in [4.69, 9.17) is 9.47 Å². The molecule has 8 heteroatoms. The molecule has 0 saturated carbocycles. The molecule has 0 saturated heterocycles. The van der Waals surface area contributed by atoms with Gasteiger partial charge in [-0.3, -0.25) is 10.1 Å². The second-order valence-corrected chi connectivity index (χ2v) is 7.45. The Kier molecular flexibility index (Phi) is 6.45. The summed E-state index contributed by atoms with van der Waals surface area (Å²) in [5, 5.41) is 23.0. The summed E-state index contributed by atoms with van der Waals surface area (Å²) in [7, 11) is 1.57. The number of benzene rings is 2. The summed E-state index contributed by atoms with van der Waals surface area (Å²) in [5.74, 6) is 1.21. The molecule has 152 valence electrons. The van der Waals surface area contributed by atoms with Gasteiger partial charge in [0, 0.05) is 23.1 Å². The zero-order chi connectivity index (χ0) is 21.7. The molecule has 0 atom stereocenters. The van der Waals surface area contributed by atoms with Crippen molar-refractivity contribution in [1.29, 1.82) is 5.26 Å². The van der Waals surface area contributed by atoms with Crippen LogP contribution in [-0.2, 0) is 0 Å². The van der Waals surface area contributed by atoms with Crippen LogP contribution in [0.25, 0.3) is 22.9 Å². The van der Waals surface area contributed by atoms with Crippen molar-refractivity contribution in [3.63, 3.8) is 0 Å². The Balaban J connectivity index is 1.94. The minimum atomic E-state index is -0.447. The maximum Gasteiger partial charge on any atom is 0.270 e. The van der Waals surface area contributed by atoms with Gasteiger partial charge in [-0.25, -0.2) is 4.98 Å². The first-order valence-electron chi connectivity index (χ1n) is 9.08. The number of aromatic nitrogens is 1. The van der Waals surface area contributed by atoms with Crippen molar-refractivity contribution < 1.29 is 14.4 Å². The number of ether oxygens (including phenoxy) is 2. The molecule has 0 bridgehead atoms. The second-order valence-electron chi connectivity index (χ2n) is 6.59. The van der Waals surface area contributed by atoms with Gasteiger partial charge in [0.1, 0.15) is 11.1 Å². The summed E-state index contributed by atoms with van der Waals surface area (Å²) in [5.41, 5.74) is 2.36. The van der Waals surface area contributed by atoms with Crippen LogP contribution >= 0.6 is 11.3 Å². The average Bonchev–Trinajstić information content (AvgIpc) is 3.22. The lowest BCUT2D eigenvalue weighted by molar-refractivity contribution is -0.384. The molecule has 0 spiro atoms. The van der Waals surface area contributed by atoms with Crippen molar-refractivity contribution in [3.8, 4) is 28.8 Å². The van der Waals surface area contributed by atoms with Gasteiger partial charge in [-0.2, -0.15) is 5.26 Å². The normalized spacial score (nSPS) is 11.2. The molecule has 0 aliphatic rings. The van der Waals surface area contributed by atoms with Crippen molar-refractivity contribution >= 4 is 28.7 Å². The summed E-state index contributed by atoms with van der Waals surface area (Å²) in [4.78, 5) is 15.1. The number of hydrogen-bond acceptors (Lipinski definition) is 7. The lowest BCUT2D eigenvalue weighted by Gasteiger charge is -2.14. The number of methoxy groups -OCH3 is 1. The topological polar surface area (TPSA) is 98.3 Å². The highest BCUT2D eigenvalue weighted by Crippen LogP contribution is 2.32. The lowest BCUT2D eigenvalue weighted by Crippen LogP contribution is -2.06. The van der Waals surface area contributed by atoms with E-state index >= 15 is 0 Å². The molecule has 3 aromatic rings. The third-order valence-corrected chi connectivity index (χ3v) is 4.94. The molecule has 30 heavy (non-hydrogen) atoms. The van der Waals surface area contributed by atoms with E-state index in [2.05, 4.69) is 11.1 Å². The molecule has 0 N–H and O–H groups in total. The maximum absolute atomic E-state index is 11.0. The summed E-state index contributed by atoms with van der Waals surface area (Å²) in [6.45, 7) is 3.85. The Morgan fingerprint density at radius 2 is 2.07 bits per heavy atom. The van der Waals surface area contributed by atoms with Crippen molar-refractivity contribution in [1.82, 2.24) is 4.98 Å². The Hall–Kier alpha value is -3.70. The number of non-ortho nitro benzene ring substituents is 1. The van der Waals surface area contributed by atoms with Crippen LogP contribution < -0.4 is 9.47 Å². The van der Waals surface area contributed by atoms with Crippen molar-refractivity contribution in [2.75, 3.05) is 7.11 Å². The van der Waals surface area contributed by atoms with Gasteiger partial charge in [-0.05, 0) is 37.6 Å². The van der Waals surface area contributed by atoms with Crippen LogP contribution in [0.3, 0.4) is 0 Å². The molecule has 2 aromatic carbocycles. The zero-order valence-electron chi connectivity index (χ0n) is 16.7. The number of hydrogen-bond donors (Lipinski definition) is 0. The van der Waals surface area contributed by atoms with E-state index in [9.17, 15) is 15.4 Å². The van der Waals surface area contributed by atoms with Crippen LogP contribution in [0.2, 0.25) is 0 Å². The molecular weight excluding hydrogens is 402 g/mol. The van der Waals surface area contributed by atoms with Crippen molar-refractivity contribution in [2.45, 2.75) is 20.0 Å². The molecule has 0 radical (unpaired) electrons. The van der Waals surface area contributed by atoms with Gasteiger partial charge < -0.3 is 9.47 Å². The van der Waals surface area contributed by atoms with Gasteiger partial charge in [0.05, 0.1) is 29.4 Å². The van der Waals surface area contributed by atoms with E-state index in [0.717, 1.165) is 5.56 Å². The number of allylic oxidation sites excluding steroid dienone is 1. The maximum atomic E-state index is 11.0. The quantitative estimate of drug-likeness (QED) is 0.281. The molecule has 1 heterocycles. The molecule has 1 aromatic heterocycles. The van der Waals surface area contributed by atoms with Gasteiger partial charge in [0.25, 0.3) is 5.69 Å². The molecule has 0 fully saturated rings. The highest BCUT2D eigenvalue weighted by atomic mass is 32.1. The standard InChI is InChI=1S/C22H19N3O4S/c1-14(2)29-21-10-15(7-8-20(21)28-3)9-17(12-23)22-24-19(13-30-22)16-5-4-6-18(11-16)25(26)27/h4-11,13-14H,1-3H3/b17-9+. The molecule has 3 rings (SSSR count). The van der Waals surface area contributed by atoms with E-state index in [1.165, 1.54) is 23.5 Å². The van der Waals surface area contributed by atoms with Gasteiger partial charge in [0.15, 0.2) is 11.5 Å². The predicted octanol–water partition coefficient (Wildman–Crippen LogP) is 5.58. The van der Waals surface area contributed by atoms with E-state index in [-0.39, 0.29) is 11.8 Å². The van der Waals surface area contributed by atoms with Gasteiger partial charge in [0.2, 0.25) is 0 Å². The zero-order valence-corrected chi connectivity index (χ0v) is 17.5. The fraction of sp³-hybridized carbons (Fsp3) is 0.182. The third kappa shape index (κ3) is 4.82. The Morgan fingerprint density at radius 3 is 2.73 bits per heavy atom. The minimum absolute atomic E-state index is 0.00554. The fourth-order valence-corrected chi connectivity index (χ4v) is 3.54. The van der Waals surface area contributed by atoms with Crippen LogP contribution in [0.5, 0.6) is 11.5 Å². The Morgan fingerprint density at radius 1 is 1.27 bits per heavy atom. The van der Waals surface area contributed by atoms with Gasteiger partial charge in [-0.1, -0.05) is 18.2 Å². The minimum Gasteiger partial charge on any atom is -0.493 e. The summed E-state index contributed by atoms with van der Waals surface area (Å²) >= 11 is 1.31. The highest BCUT2D eigenvalue weighted by molar-refractivity contribution is 7.11. The number of nitrogens with zero attached hydrogens (tertiary/aromatic N) is 3. The monoisotopic (exact) mass is 421 g/mol. The SMILES string of the molecule is COc1ccc(/C=C(\C#N)c2nc(-c3cccc([N+](=O)[O-])c3)cs2)cc1OC(C)C. The van der Waals surface area contributed by atoms with E-state index in [1.54, 1.807) is 36.8 Å². The molecule has 0 unspecified atom stereocenters. The Bertz CT molecular complexity index is 1150. The first kappa shape index (κ1) is 21.0. The number of nitro groups is 1. The van der Waals surface area contributed by atoms with Crippen molar-refractivity contribution in [3.05, 3.63) is 68.5 Å². The van der Waals surface area contributed by atoms with E-state index < -0.39 is 4.92 Å².